The summed E-state index contributed by atoms with van der Waals surface area (Å²) in [4.78, 5) is 28.5. The molecule has 7 nitrogen and oxygen atoms in total. The predicted molar refractivity (Wildman–Crippen MR) is 117 cm³/mol. The zero-order valence-electron chi connectivity index (χ0n) is 17.8. The number of carbonyl (C=O) groups is 1. The Balaban J connectivity index is 1.26. The quantitative estimate of drug-likeness (QED) is 0.773. The zero-order chi connectivity index (χ0) is 20.5. The number of amides is 1. The molecule has 30 heavy (non-hydrogen) atoms. The van der Waals surface area contributed by atoms with Crippen molar-refractivity contribution < 1.29 is 9.53 Å². The van der Waals surface area contributed by atoms with Crippen LogP contribution in [0.5, 0.6) is 5.88 Å². The lowest BCUT2D eigenvalue weighted by Gasteiger charge is -2.39. The molecule has 0 spiro atoms. The van der Waals surface area contributed by atoms with Gasteiger partial charge in [0.15, 0.2) is 0 Å². The maximum Gasteiger partial charge on any atom is 0.227 e. The van der Waals surface area contributed by atoms with Crippen LogP contribution in [0.4, 0.5) is 5.69 Å². The van der Waals surface area contributed by atoms with Crippen LogP contribution in [0.2, 0.25) is 0 Å². The fourth-order valence-corrected chi connectivity index (χ4v) is 4.77. The van der Waals surface area contributed by atoms with Crippen LogP contribution >= 0.6 is 0 Å². The third kappa shape index (κ3) is 3.95. The summed E-state index contributed by atoms with van der Waals surface area (Å²) in [6.07, 6.45) is 7.48. The van der Waals surface area contributed by atoms with Crippen molar-refractivity contribution in [1.29, 1.82) is 0 Å². The number of hydrogen-bond donors (Lipinski definition) is 0. The highest BCUT2D eigenvalue weighted by Gasteiger charge is 2.30. The number of aromatic nitrogens is 2. The Morgan fingerprint density at radius 1 is 1.03 bits per heavy atom. The van der Waals surface area contributed by atoms with E-state index in [9.17, 15) is 4.79 Å². The van der Waals surface area contributed by atoms with Gasteiger partial charge in [0, 0.05) is 38.4 Å². The third-order valence-electron chi connectivity index (χ3n) is 6.84. The van der Waals surface area contributed by atoms with E-state index >= 15 is 0 Å². The molecular weight excluding hydrogens is 378 g/mol. The molecule has 0 radical (unpaired) electrons. The topological polar surface area (TPSA) is 61.8 Å². The minimum atomic E-state index is 0.166. The molecule has 2 aromatic rings. The third-order valence-corrected chi connectivity index (χ3v) is 6.84. The van der Waals surface area contributed by atoms with Gasteiger partial charge in [-0.1, -0.05) is 0 Å². The first-order chi connectivity index (χ1) is 14.7. The lowest BCUT2D eigenvalue weighted by molar-refractivity contribution is -0.137. The Morgan fingerprint density at radius 2 is 1.87 bits per heavy atom. The lowest BCUT2D eigenvalue weighted by Crippen LogP contribution is -2.52. The number of piperazine rings is 1. The first-order valence-electron chi connectivity index (χ1n) is 11.3. The van der Waals surface area contributed by atoms with Gasteiger partial charge < -0.3 is 19.4 Å². The number of carbonyl (C=O) groups excluding carboxylic acids is 1. The van der Waals surface area contributed by atoms with Gasteiger partial charge in [-0.3, -0.25) is 4.79 Å². The number of piperidine rings is 1. The molecule has 2 saturated heterocycles. The summed E-state index contributed by atoms with van der Waals surface area (Å²) in [5, 5.41) is 0.977. The average molecular weight is 410 g/mol. The van der Waals surface area contributed by atoms with Crippen LogP contribution in [0.25, 0.3) is 10.9 Å². The second-order valence-electron chi connectivity index (χ2n) is 8.96. The lowest BCUT2D eigenvalue weighted by atomic mass is 9.96. The SMILES string of the molecule is CN1CCCC(C(=O)N2CCN(c3ccc4ncnc(OC5CCC5)c4c3)CC2)C1. The van der Waals surface area contributed by atoms with E-state index in [0.717, 1.165) is 81.5 Å². The second-order valence-corrected chi connectivity index (χ2v) is 8.96. The number of likely N-dealkylation sites (tertiary alicyclic amines) is 1. The molecule has 1 atom stereocenters. The molecule has 1 aliphatic carbocycles. The van der Waals surface area contributed by atoms with Crippen molar-refractivity contribution in [3.8, 4) is 5.88 Å². The molecule has 1 aromatic heterocycles. The van der Waals surface area contributed by atoms with E-state index in [0.29, 0.717) is 17.9 Å². The van der Waals surface area contributed by atoms with Gasteiger partial charge in [0.2, 0.25) is 11.8 Å². The molecule has 3 fully saturated rings. The Labute approximate surface area is 178 Å². The van der Waals surface area contributed by atoms with Gasteiger partial charge >= 0.3 is 0 Å². The zero-order valence-corrected chi connectivity index (χ0v) is 17.8. The minimum absolute atomic E-state index is 0.166. The van der Waals surface area contributed by atoms with Crippen molar-refractivity contribution in [2.75, 3.05) is 51.2 Å². The average Bonchev–Trinajstić information content (AvgIpc) is 2.75. The van der Waals surface area contributed by atoms with Crippen molar-refractivity contribution in [2.45, 2.75) is 38.2 Å². The maximum atomic E-state index is 12.9. The summed E-state index contributed by atoms with van der Waals surface area (Å²) in [6.45, 7) is 5.28. The normalized spacial score (nSPS) is 23.4. The van der Waals surface area contributed by atoms with Gasteiger partial charge in [0.05, 0.1) is 16.8 Å². The smallest absolute Gasteiger partial charge is 0.227 e. The first kappa shape index (κ1) is 19.5. The molecule has 1 unspecified atom stereocenters. The van der Waals surface area contributed by atoms with Crippen LogP contribution in [0.1, 0.15) is 32.1 Å². The number of fused-ring (bicyclic) bond motifs is 1. The fraction of sp³-hybridized carbons (Fsp3) is 0.609. The largest absolute Gasteiger partial charge is 0.474 e. The van der Waals surface area contributed by atoms with Crippen LogP contribution in [0.3, 0.4) is 0 Å². The highest BCUT2D eigenvalue weighted by molar-refractivity contribution is 5.87. The van der Waals surface area contributed by atoms with Crippen molar-refractivity contribution in [2.24, 2.45) is 5.92 Å². The number of anilines is 1. The van der Waals surface area contributed by atoms with Gasteiger partial charge in [-0.15, -0.1) is 0 Å². The van der Waals surface area contributed by atoms with Crippen LogP contribution in [0, 0.1) is 5.92 Å². The van der Waals surface area contributed by atoms with Crippen molar-refractivity contribution in [3.63, 3.8) is 0 Å². The molecule has 3 heterocycles. The second kappa shape index (κ2) is 8.38. The number of benzene rings is 1. The number of rotatable bonds is 4. The van der Waals surface area contributed by atoms with E-state index in [1.807, 2.05) is 0 Å². The van der Waals surface area contributed by atoms with Gasteiger partial charge in [-0.05, 0) is 63.9 Å². The van der Waals surface area contributed by atoms with E-state index in [2.05, 4.69) is 49.9 Å². The van der Waals surface area contributed by atoms with Crippen LogP contribution in [-0.2, 0) is 4.79 Å². The Hall–Kier alpha value is -2.41. The van der Waals surface area contributed by atoms with Crippen LogP contribution < -0.4 is 9.64 Å². The Bertz CT molecular complexity index is 908. The summed E-state index contributed by atoms with van der Waals surface area (Å²) in [6, 6.07) is 6.32. The molecule has 5 rings (SSSR count). The predicted octanol–water partition coefficient (Wildman–Crippen LogP) is 2.55. The molecule has 0 N–H and O–H groups in total. The maximum absolute atomic E-state index is 12.9. The molecule has 3 aliphatic rings. The van der Waals surface area contributed by atoms with E-state index in [1.165, 1.54) is 6.42 Å². The monoisotopic (exact) mass is 409 g/mol. The van der Waals surface area contributed by atoms with Crippen molar-refractivity contribution >= 4 is 22.5 Å². The van der Waals surface area contributed by atoms with E-state index in [4.69, 9.17) is 4.74 Å². The van der Waals surface area contributed by atoms with E-state index in [-0.39, 0.29) is 5.92 Å². The molecule has 0 bridgehead atoms. The fourth-order valence-electron chi connectivity index (χ4n) is 4.77. The summed E-state index contributed by atoms with van der Waals surface area (Å²) >= 11 is 0. The number of hydrogen-bond acceptors (Lipinski definition) is 6. The molecule has 2 aliphatic heterocycles. The van der Waals surface area contributed by atoms with Gasteiger partial charge in [-0.2, -0.15) is 0 Å². The molecule has 7 heteroatoms. The van der Waals surface area contributed by atoms with Crippen LogP contribution in [-0.4, -0.2) is 78.1 Å². The molecule has 160 valence electrons. The Morgan fingerprint density at radius 3 is 2.60 bits per heavy atom. The van der Waals surface area contributed by atoms with E-state index in [1.54, 1.807) is 6.33 Å². The molecule has 1 aromatic carbocycles. The summed E-state index contributed by atoms with van der Waals surface area (Å²) in [5.41, 5.74) is 2.07. The van der Waals surface area contributed by atoms with E-state index < -0.39 is 0 Å². The number of nitrogens with zero attached hydrogens (tertiary/aromatic N) is 5. The summed E-state index contributed by atoms with van der Waals surface area (Å²) in [7, 11) is 2.11. The highest BCUT2D eigenvalue weighted by Crippen LogP contribution is 2.31. The first-order valence-corrected chi connectivity index (χ1v) is 11.3. The Kier molecular flexibility index (Phi) is 5.46. The standard InChI is InChI=1S/C23H31N5O2/c1-26-9-3-4-17(15-26)23(29)28-12-10-27(11-13-28)18-7-8-21-20(14-18)22(25-16-24-21)30-19-5-2-6-19/h7-8,14,16-17,19H,2-6,9-13,15H2,1H3. The van der Waals surface area contributed by atoms with Gasteiger partial charge in [-0.25, -0.2) is 9.97 Å². The molecular formula is C23H31N5O2. The highest BCUT2D eigenvalue weighted by atomic mass is 16.5. The van der Waals surface area contributed by atoms with Crippen molar-refractivity contribution in [1.82, 2.24) is 19.8 Å². The van der Waals surface area contributed by atoms with Gasteiger partial charge in [0.25, 0.3) is 0 Å². The van der Waals surface area contributed by atoms with Gasteiger partial charge in [0.1, 0.15) is 12.4 Å². The molecule has 1 saturated carbocycles. The summed E-state index contributed by atoms with van der Waals surface area (Å²) in [5.74, 6) is 1.20. The van der Waals surface area contributed by atoms with Crippen molar-refractivity contribution in [3.05, 3.63) is 24.5 Å². The summed E-state index contributed by atoms with van der Waals surface area (Å²) < 4.78 is 6.10. The minimum Gasteiger partial charge on any atom is -0.474 e. The molecule has 1 amide bonds. The number of ether oxygens (including phenoxy) is 1. The van der Waals surface area contributed by atoms with Crippen LogP contribution in [0.15, 0.2) is 24.5 Å².